The molecule has 0 aliphatic rings. The molecule has 0 radical (unpaired) electrons. The van der Waals surface area contributed by atoms with Crippen molar-refractivity contribution in [3.8, 4) is 0 Å². The normalized spacial score (nSPS) is 11.6. The van der Waals surface area contributed by atoms with E-state index in [2.05, 4.69) is 15.3 Å². The van der Waals surface area contributed by atoms with Crippen LogP contribution in [0.5, 0.6) is 0 Å². The predicted octanol–water partition coefficient (Wildman–Crippen LogP) is -1.07. The van der Waals surface area contributed by atoms with E-state index in [1.807, 2.05) is 0 Å². The molecule has 0 fully saturated rings. The van der Waals surface area contributed by atoms with Gasteiger partial charge in [-0.05, 0) is 6.42 Å². The summed E-state index contributed by atoms with van der Waals surface area (Å²) in [6, 6.07) is -1.18. The molecule has 8 heteroatoms. The molecule has 0 aliphatic carbocycles. The molecule has 2 amide bonds. The first-order chi connectivity index (χ1) is 8.50. The van der Waals surface area contributed by atoms with Crippen LogP contribution >= 0.6 is 0 Å². The Kier molecular flexibility index (Phi) is 4.73. The van der Waals surface area contributed by atoms with Gasteiger partial charge in [-0.3, -0.25) is 9.59 Å². The van der Waals surface area contributed by atoms with E-state index < -0.39 is 23.8 Å². The largest absolute Gasteiger partial charge is 0.480 e. The van der Waals surface area contributed by atoms with Gasteiger partial charge in [-0.2, -0.15) is 0 Å². The smallest absolute Gasteiger partial charge is 0.326 e. The molecule has 0 spiro atoms. The molecule has 18 heavy (non-hydrogen) atoms. The van der Waals surface area contributed by atoms with Gasteiger partial charge in [0.2, 0.25) is 5.91 Å². The Hall–Kier alpha value is -2.51. The second-order valence-electron chi connectivity index (χ2n) is 3.50. The van der Waals surface area contributed by atoms with E-state index in [0.29, 0.717) is 0 Å². The fourth-order valence-corrected chi connectivity index (χ4v) is 1.20. The van der Waals surface area contributed by atoms with Gasteiger partial charge in [0.1, 0.15) is 12.4 Å². The Labute approximate surface area is 102 Å². The summed E-state index contributed by atoms with van der Waals surface area (Å²) in [5.41, 5.74) is 5.06. The molecule has 1 atom stereocenters. The quantitative estimate of drug-likeness (QED) is 0.589. The number of carboxylic acids is 1. The molecule has 0 saturated carbocycles. The summed E-state index contributed by atoms with van der Waals surface area (Å²) >= 11 is 0. The van der Waals surface area contributed by atoms with E-state index in [-0.39, 0.29) is 18.4 Å². The van der Waals surface area contributed by atoms with Crippen LogP contribution in [-0.2, 0) is 9.59 Å². The molecule has 0 bridgehead atoms. The number of aromatic nitrogens is 2. The molecular formula is C10H12N4O4. The van der Waals surface area contributed by atoms with Gasteiger partial charge in [0, 0.05) is 18.8 Å². The fourth-order valence-electron chi connectivity index (χ4n) is 1.20. The van der Waals surface area contributed by atoms with Crippen molar-refractivity contribution in [3.05, 3.63) is 24.3 Å². The summed E-state index contributed by atoms with van der Waals surface area (Å²) < 4.78 is 0. The molecule has 0 saturated heterocycles. The summed E-state index contributed by atoms with van der Waals surface area (Å²) in [6.07, 6.45) is 3.58. The number of amides is 2. The lowest BCUT2D eigenvalue weighted by atomic mass is 10.1. The maximum Gasteiger partial charge on any atom is 0.326 e. The Balaban J connectivity index is 2.64. The predicted molar refractivity (Wildman–Crippen MR) is 59.4 cm³/mol. The molecular weight excluding hydrogens is 240 g/mol. The Morgan fingerprint density at radius 1 is 1.33 bits per heavy atom. The molecule has 0 aromatic carbocycles. The van der Waals surface area contributed by atoms with Crippen molar-refractivity contribution < 1.29 is 19.5 Å². The second-order valence-corrected chi connectivity index (χ2v) is 3.50. The van der Waals surface area contributed by atoms with Gasteiger partial charge in [0.15, 0.2) is 0 Å². The highest BCUT2D eigenvalue weighted by molar-refractivity contribution is 5.96. The SMILES string of the molecule is NC(=O)CCC(NC(=O)c1cncnc1)C(=O)O. The first-order valence-corrected chi connectivity index (χ1v) is 5.07. The van der Waals surface area contributed by atoms with E-state index in [0.717, 1.165) is 0 Å². The zero-order valence-corrected chi connectivity index (χ0v) is 9.37. The number of carbonyl (C=O) groups excluding carboxylic acids is 2. The molecule has 1 heterocycles. The molecule has 1 aromatic heterocycles. The van der Waals surface area contributed by atoms with Crippen LogP contribution < -0.4 is 11.1 Å². The lowest BCUT2D eigenvalue weighted by Crippen LogP contribution is -2.41. The Bertz CT molecular complexity index is 448. The number of hydrogen-bond donors (Lipinski definition) is 3. The maximum atomic E-state index is 11.6. The van der Waals surface area contributed by atoms with Gasteiger partial charge in [-0.15, -0.1) is 0 Å². The van der Waals surface area contributed by atoms with Crippen molar-refractivity contribution >= 4 is 17.8 Å². The summed E-state index contributed by atoms with van der Waals surface area (Å²) in [5.74, 6) is -2.48. The van der Waals surface area contributed by atoms with Crippen molar-refractivity contribution in [3.63, 3.8) is 0 Å². The second kappa shape index (κ2) is 6.28. The average molecular weight is 252 g/mol. The Morgan fingerprint density at radius 2 is 1.94 bits per heavy atom. The number of rotatable bonds is 6. The zero-order valence-electron chi connectivity index (χ0n) is 9.37. The standard InChI is InChI=1S/C10H12N4O4/c11-8(15)2-1-7(10(17)18)14-9(16)6-3-12-5-13-4-6/h3-5,7H,1-2H2,(H2,11,15)(H,14,16)(H,17,18). The van der Waals surface area contributed by atoms with Crippen LogP contribution in [0.1, 0.15) is 23.2 Å². The third kappa shape index (κ3) is 4.16. The number of nitrogens with zero attached hydrogens (tertiary/aromatic N) is 2. The Morgan fingerprint density at radius 3 is 2.44 bits per heavy atom. The average Bonchev–Trinajstić information content (AvgIpc) is 2.34. The summed E-state index contributed by atoms with van der Waals surface area (Å²) in [6.45, 7) is 0. The minimum atomic E-state index is -1.23. The van der Waals surface area contributed by atoms with Crippen LogP contribution in [0.3, 0.4) is 0 Å². The number of aliphatic carboxylic acids is 1. The number of nitrogens with two attached hydrogens (primary N) is 1. The number of nitrogens with one attached hydrogen (secondary N) is 1. The zero-order chi connectivity index (χ0) is 13.5. The van der Waals surface area contributed by atoms with Gasteiger partial charge < -0.3 is 16.2 Å². The molecule has 96 valence electrons. The minimum absolute atomic E-state index is 0.0654. The van der Waals surface area contributed by atoms with Crippen molar-refractivity contribution in [1.29, 1.82) is 0 Å². The van der Waals surface area contributed by atoms with E-state index in [9.17, 15) is 14.4 Å². The van der Waals surface area contributed by atoms with Crippen LogP contribution in [0.15, 0.2) is 18.7 Å². The highest BCUT2D eigenvalue weighted by atomic mass is 16.4. The van der Waals surface area contributed by atoms with Gasteiger partial charge in [-0.25, -0.2) is 14.8 Å². The van der Waals surface area contributed by atoms with Crippen molar-refractivity contribution in [2.24, 2.45) is 5.73 Å². The molecule has 1 aromatic rings. The third-order valence-electron chi connectivity index (χ3n) is 2.11. The number of carboxylic acid groups (broad SMARTS) is 1. The van der Waals surface area contributed by atoms with Crippen LogP contribution in [-0.4, -0.2) is 38.9 Å². The summed E-state index contributed by atoms with van der Waals surface area (Å²) in [5, 5.41) is 11.1. The maximum absolute atomic E-state index is 11.6. The number of carbonyl (C=O) groups is 3. The van der Waals surface area contributed by atoms with Gasteiger partial charge in [-0.1, -0.05) is 0 Å². The highest BCUT2D eigenvalue weighted by Gasteiger charge is 2.21. The van der Waals surface area contributed by atoms with Crippen molar-refractivity contribution in [2.45, 2.75) is 18.9 Å². The fraction of sp³-hybridized carbons (Fsp3) is 0.300. The lowest BCUT2D eigenvalue weighted by Gasteiger charge is -2.13. The third-order valence-corrected chi connectivity index (χ3v) is 2.11. The van der Waals surface area contributed by atoms with Gasteiger partial charge >= 0.3 is 5.97 Å². The van der Waals surface area contributed by atoms with Gasteiger partial charge in [0.05, 0.1) is 5.56 Å². The lowest BCUT2D eigenvalue weighted by molar-refractivity contribution is -0.139. The highest BCUT2D eigenvalue weighted by Crippen LogP contribution is 2.00. The molecule has 4 N–H and O–H groups in total. The number of hydrogen-bond acceptors (Lipinski definition) is 5. The minimum Gasteiger partial charge on any atom is -0.480 e. The topological polar surface area (TPSA) is 135 Å². The van der Waals surface area contributed by atoms with E-state index >= 15 is 0 Å². The van der Waals surface area contributed by atoms with Crippen LogP contribution in [0.4, 0.5) is 0 Å². The monoisotopic (exact) mass is 252 g/mol. The van der Waals surface area contributed by atoms with Crippen LogP contribution in [0.2, 0.25) is 0 Å². The molecule has 8 nitrogen and oxygen atoms in total. The molecule has 1 unspecified atom stereocenters. The van der Waals surface area contributed by atoms with Crippen molar-refractivity contribution in [2.75, 3.05) is 0 Å². The van der Waals surface area contributed by atoms with E-state index in [1.165, 1.54) is 18.7 Å². The molecule has 1 rings (SSSR count). The first kappa shape index (κ1) is 13.6. The first-order valence-electron chi connectivity index (χ1n) is 5.07. The van der Waals surface area contributed by atoms with Crippen LogP contribution in [0.25, 0.3) is 0 Å². The van der Waals surface area contributed by atoms with Crippen LogP contribution in [0, 0.1) is 0 Å². The van der Waals surface area contributed by atoms with Crippen molar-refractivity contribution in [1.82, 2.24) is 15.3 Å². The molecule has 0 aliphatic heterocycles. The number of primary amides is 1. The van der Waals surface area contributed by atoms with Gasteiger partial charge in [0.25, 0.3) is 5.91 Å². The summed E-state index contributed by atoms with van der Waals surface area (Å²) in [7, 11) is 0. The summed E-state index contributed by atoms with van der Waals surface area (Å²) in [4.78, 5) is 40.4. The van der Waals surface area contributed by atoms with E-state index in [4.69, 9.17) is 10.8 Å². The van der Waals surface area contributed by atoms with E-state index in [1.54, 1.807) is 0 Å².